The number of rotatable bonds is 2. The summed E-state index contributed by atoms with van der Waals surface area (Å²) in [5.41, 5.74) is 3.07. The maximum absolute atomic E-state index is 12.8. The van der Waals surface area contributed by atoms with Crippen LogP contribution >= 0.6 is 0 Å². The minimum Gasteiger partial charge on any atom is -0.492 e. The van der Waals surface area contributed by atoms with Crippen LogP contribution in [0.5, 0.6) is 5.75 Å². The number of β-amino-alcohol motifs (C(OH)–C–C–N with tert-alkyl or cyclic N) is 1. The van der Waals surface area contributed by atoms with E-state index in [1.165, 1.54) is 0 Å². The van der Waals surface area contributed by atoms with Gasteiger partial charge in [0.15, 0.2) is 0 Å². The van der Waals surface area contributed by atoms with Gasteiger partial charge >= 0.3 is 0 Å². The van der Waals surface area contributed by atoms with Crippen LogP contribution in [0.2, 0.25) is 0 Å². The first kappa shape index (κ1) is 16.1. The summed E-state index contributed by atoms with van der Waals surface area (Å²) in [5, 5.41) is 10.3. The number of fused-ring (bicyclic) bond motifs is 2. The molecule has 0 aliphatic carbocycles. The van der Waals surface area contributed by atoms with Crippen molar-refractivity contribution in [1.29, 1.82) is 0 Å². The molecule has 2 aliphatic heterocycles. The number of aliphatic hydroxyl groups is 1. The molecule has 0 fully saturated rings. The molecule has 1 N–H and O–H groups in total. The minimum absolute atomic E-state index is 0.0490. The van der Waals surface area contributed by atoms with Gasteiger partial charge in [0.25, 0.3) is 0 Å². The Hall–Kier alpha value is -2.37. The number of para-hydroxylation sites is 1. The highest BCUT2D eigenvalue weighted by atomic mass is 16.5. The van der Waals surface area contributed by atoms with Crippen molar-refractivity contribution in [2.75, 3.05) is 26.2 Å². The van der Waals surface area contributed by atoms with Gasteiger partial charge < -0.3 is 14.7 Å². The number of ether oxygens (including phenoxy) is 1. The first-order valence-electron chi connectivity index (χ1n) is 8.67. The fourth-order valence-electron chi connectivity index (χ4n) is 3.58. The molecule has 5 heteroatoms. The molecule has 2 aliphatic rings. The summed E-state index contributed by atoms with van der Waals surface area (Å²) in [6.07, 6.45) is -0.609. The number of nitrogens with zero attached hydrogens (tertiary/aromatic N) is 2. The van der Waals surface area contributed by atoms with E-state index in [1.54, 1.807) is 4.90 Å². The van der Waals surface area contributed by atoms with E-state index >= 15 is 0 Å². The molecule has 0 spiro atoms. The first-order valence-corrected chi connectivity index (χ1v) is 8.67. The lowest BCUT2D eigenvalue weighted by Gasteiger charge is -2.33. The predicted molar refractivity (Wildman–Crippen MR) is 94.0 cm³/mol. The molecule has 0 bridgehead atoms. The molecule has 0 saturated heterocycles. The van der Waals surface area contributed by atoms with Crippen LogP contribution in [0, 0.1) is 0 Å². The van der Waals surface area contributed by atoms with Crippen molar-refractivity contribution >= 4 is 5.91 Å². The molecular formula is C20H22N2O3. The minimum atomic E-state index is -0.609. The van der Waals surface area contributed by atoms with Crippen LogP contribution in [0.3, 0.4) is 0 Å². The van der Waals surface area contributed by atoms with Crippen molar-refractivity contribution in [2.45, 2.75) is 19.2 Å². The van der Waals surface area contributed by atoms with Gasteiger partial charge in [-0.1, -0.05) is 42.5 Å². The van der Waals surface area contributed by atoms with E-state index in [4.69, 9.17) is 4.74 Å². The number of aliphatic hydroxyl groups excluding tert-OH is 1. The number of carbonyl (C=O) groups excluding carboxylic acids is 1. The average Bonchev–Trinajstić information content (AvgIpc) is 2.83. The van der Waals surface area contributed by atoms with Gasteiger partial charge in [-0.3, -0.25) is 9.69 Å². The number of amides is 1. The summed E-state index contributed by atoms with van der Waals surface area (Å²) in [5.74, 6) is 0.952. The Morgan fingerprint density at radius 2 is 1.84 bits per heavy atom. The Morgan fingerprint density at radius 1 is 1.08 bits per heavy atom. The zero-order chi connectivity index (χ0) is 17.2. The molecule has 1 unspecified atom stereocenters. The molecule has 2 aromatic rings. The van der Waals surface area contributed by atoms with Crippen molar-refractivity contribution in [2.24, 2.45) is 0 Å². The zero-order valence-corrected chi connectivity index (χ0v) is 14.1. The predicted octanol–water partition coefficient (Wildman–Crippen LogP) is 1.96. The van der Waals surface area contributed by atoms with E-state index in [-0.39, 0.29) is 5.91 Å². The number of carbonyl (C=O) groups is 1. The fraction of sp³-hybridized carbons (Fsp3) is 0.350. The molecule has 2 aromatic carbocycles. The third-order valence-corrected chi connectivity index (χ3v) is 4.91. The molecule has 0 saturated carbocycles. The molecule has 2 heterocycles. The Balaban J connectivity index is 1.44. The average molecular weight is 338 g/mol. The van der Waals surface area contributed by atoms with Gasteiger partial charge in [-0.05, 0) is 17.2 Å². The second kappa shape index (κ2) is 6.86. The van der Waals surface area contributed by atoms with E-state index in [2.05, 4.69) is 4.90 Å². The monoisotopic (exact) mass is 338 g/mol. The van der Waals surface area contributed by atoms with Crippen LogP contribution in [0.4, 0.5) is 0 Å². The summed E-state index contributed by atoms with van der Waals surface area (Å²) in [7, 11) is 0. The maximum atomic E-state index is 12.8. The Bertz CT molecular complexity index is 777. The maximum Gasteiger partial charge on any atom is 0.237 e. The third kappa shape index (κ3) is 3.38. The third-order valence-electron chi connectivity index (χ3n) is 4.91. The number of benzene rings is 2. The van der Waals surface area contributed by atoms with Gasteiger partial charge in [0.1, 0.15) is 12.4 Å². The van der Waals surface area contributed by atoms with E-state index in [1.807, 2.05) is 48.5 Å². The number of hydrogen-bond donors (Lipinski definition) is 1. The smallest absolute Gasteiger partial charge is 0.237 e. The normalized spacial score (nSPS) is 20.2. The topological polar surface area (TPSA) is 53.0 Å². The van der Waals surface area contributed by atoms with Crippen molar-refractivity contribution in [1.82, 2.24) is 9.80 Å². The highest BCUT2D eigenvalue weighted by Crippen LogP contribution is 2.27. The van der Waals surface area contributed by atoms with Crippen LogP contribution in [-0.2, 0) is 17.9 Å². The van der Waals surface area contributed by atoms with E-state index in [0.29, 0.717) is 39.3 Å². The lowest BCUT2D eigenvalue weighted by atomic mass is 9.97. The molecule has 4 rings (SSSR count). The summed E-state index contributed by atoms with van der Waals surface area (Å²) < 4.78 is 5.76. The summed E-state index contributed by atoms with van der Waals surface area (Å²) in [6.45, 7) is 3.26. The lowest BCUT2D eigenvalue weighted by molar-refractivity contribution is -0.135. The standard InChI is InChI=1S/C20H22N2O3/c23-18-13-22(12-15-5-1-3-7-17(15)18)20(24)14-21-9-10-25-19-8-4-2-6-16(19)11-21/h1-8,18,23H,9-14H2. The first-order chi connectivity index (χ1) is 12.2. The van der Waals surface area contributed by atoms with Gasteiger partial charge in [0, 0.05) is 25.2 Å². The van der Waals surface area contributed by atoms with Crippen molar-refractivity contribution in [3.8, 4) is 5.75 Å². The molecule has 0 aromatic heterocycles. The fourth-order valence-corrected chi connectivity index (χ4v) is 3.58. The molecule has 0 radical (unpaired) electrons. The Labute approximate surface area is 147 Å². The molecule has 25 heavy (non-hydrogen) atoms. The summed E-state index contributed by atoms with van der Waals surface area (Å²) >= 11 is 0. The summed E-state index contributed by atoms with van der Waals surface area (Å²) in [6, 6.07) is 15.8. The lowest BCUT2D eigenvalue weighted by Crippen LogP contribution is -2.44. The Morgan fingerprint density at radius 3 is 2.72 bits per heavy atom. The van der Waals surface area contributed by atoms with Crippen molar-refractivity contribution in [3.63, 3.8) is 0 Å². The van der Waals surface area contributed by atoms with Gasteiger partial charge in [-0.25, -0.2) is 0 Å². The molecule has 130 valence electrons. The van der Waals surface area contributed by atoms with Gasteiger partial charge in [0.05, 0.1) is 19.2 Å². The molecular weight excluding hydrogens is 316 g/mol. The van der Waals surface area contributed by atoms with Gasteiger partial charge in [-0.15, -0.1) is 0 Å². The van der Waals surface area contributed by atoms with Crippen LogP contribution in [0.25, 0.3) is 0 Å². The molecule has 1 amide bonds. The van der Waals surface area contributed by atoms with E-state index in [9.17, 15) is 9.90 Å². The van der Waals surface area contributed by atoms with E-state index in [0.717, 1.165) is 22.4 Å². The van der Waals surface area contributed by atoms with Gasteiger partial charge in [0.2, 0.25) is 5.91 Å². The van der Waals surface area contributed by atoms with E-state index < -0.39 is 6.10 Å². The quantitative estimate of drug-likeness (QED) is 0.909. The van der Waals surface area contributed by atoms with Crippen LogP contribution in [0.15, 0.2) is 48.5 Å². The van der Waals surface area contributed by atoms with Crippen LogP contribution in [0.1, 0.15) is 22.8 Å². The van der Waals surface area contributed by atoms with Crippen LogP contribution < -0.4 is 4.74 Å². The Kier molecular flexibility index (Phi) is 4.42. The highest BCUT2D eigenvalue weighted by molar-refractivity contribution is 5.78. The summed E-state index contributed by atoms with van der Waals surface area (Å²) in [4.78, 5) is 16.6. The molecule has 1 atom stereocenters. The van der Waals surface area contributed by atoms with Crippen molar-refractivity contribution in [3.05, 3.63) is 65.2 Å². The highest BCUT2D eigenvalue weighted by Gasteiger charge is 2.28. The zero-order valence-electron chi connectivity index (χ0n) is 14.1. The number of hydrogen-bond acceptors (Lipinski definition) is 4. The van der Waals surface area contributed by atoms with Gasteiger partial charge in [-0.2, -0.15) is 0 Å². The second-order valence-corrected chi connectivity index (χ2v) is 6.66. The molecule has 5 nitrogen and oxygen atoms in total. The largest absolute Gasteiger partial charge is 0.492 e. The SMILES string of the molecule is O=C(CN1CCOc2ccccc2C1)N1Cc2ccccc2C(O)C1. The van der Waals surface area contributed by atoms with Crippen LogP contribution in [-0.4, -0.2) is 47.1 Å². The van der Waals surface area contributed by atoms with Crippen molar-refractivity contribution < 1.29 is 14.6 Å². The second-order valence-electron chi connectivity index (χ2n) is 6.66.